The van der Waals surface area contributed by atoms with Gasteiger partial charge in [-0.25, -0.2) is 13.1 Å². The molecule has 2 aromatic rings. The van der Waals surface area contributed by atoms with Crippen molar-refractivity contribution in [3.63, 3.8) is 0 Å². The molecule has 1 aliphatic heterocycles. The fourth-order valence-electron chi connectivity index (χ4n) is 3.19. The number of nitrogens with zero attached hydrogens (tertiary/aromatic N) is 2. The molecule has 3 rings (SSSR count). The van der Waals surface area contributed by atoms with Crippen molar-refractivity contribution in [3.05, 3.63) is 64.9 Å². The molecule has 0 aliphatic carbocycles. The van der Waals surface area contributed by atoms with E-state index in [1.165, 1.54) is 5.56 Å². The average Bonchev–Trinajstić information content (AvgIpc) is 2.64. The molecule has 1 aromatic carbocycles. The lowest BCUT2D eigenvalue weighted by molar-refractivity contribution is 0.178. The molecule has 1 saturated heterocycles. The molecule has 26 heavy (non-hydrogen) atoms. The topological polar surface area (TPSA) is 62.3 Å². The molecule has 140 valence electrons. The number of pyridine rings is 1. The Morgan fingerprint density at radius 1 is 1.04 bits per heavy atom. The summed E-state index contributed by atoms with van der Waals surface area (Å²) in [6.07, 6.45) is 5.65. The molecule has 1 N–H and O–H groups in total. The molecule has 5 nitrogen and oxygen atoms in total. The molecular formula is C19H24ClN3O2S. The van der Waals surface area contributed by atoms with E-state index in [4.69, 9.17) is 11.6 Å². The molecule has 7 heteroatoms. The fraction of sp³-hybridized carbons (Fsp3) is 0.421. The number of benzene rings is 1. The van der Waals surface area contributed by atoms with Gasteiger partial charge in [0.1, 0.15) is 0 Å². The summed E-state index contributed by atoms with van der Waals surface area (Å²) in [5.41, 5.74) is 2.01. The second-order valence-electron chi connectivity index (χ2n) is 6.81. The lowest BCUT2D eigenvalue weighted by Crippen LogP contribution is -2.38. The Morgan fingerprint density at radius 3 is 2.35 bits per heavy atom. The number of piperidine rings is 1. The summed E-state index contributed by atoms with van der Waals surface area (Å²) in [5.74, 6) is 0.383. The predicted octanol–water partition coefficient (Wildman–Crippen LogP) is 3.07. The first-order valence-electron chi connectivity index (χ1n) is 8.83. The highest BCUT2D eigenvalue weighted by molar-refractivity contribution is 7.88. The summed E-state index contributed by atoms with van der Waals surface area (Å²) in [5, 5.41) is 0.609. The van der Waals surface area contributed by atoms with E-state index >= 15 is 0 Å². The van der Waals surface area contributed by atoms with E-state index in [2.05, 4.69) is 14.6 Å². The van der Waals surface area contributed by atoms with Gasteiger partial charge in [-0.3, -0.25) is 9.88 Å². The molecule has 0 saturated carbocycles. The van der Waals surface area contributed by atoms with Crippen LogP contribution in [0.2, 0.25) is 5.02 Å². The summed E-state index contributed by atoms with van der Waals surface area (Å²) in [6.45, 7) is 3.42. The van der Waals surface area contributed by atoms with Crippen LogP contribution in [-0.2, 0) is 22.3 Å². The minimum Gasteiger partial charge on any atom is -0.299 e. The Labute approximate surface area is 160 Å². The Bertz CT molecular complexity index is 789. The fourth-order valence-corrected chi connectivity index (χ4v) is 4.54. The normalized spacial score (nSPS) is 16.7. The molecule has 1 aromatic heterocycles. The number of halogens is 1. The lowest BCUT2D eigenvalue weighted by Gasteiger charge is -2.32. The van der Waals surface area contributed by atoms with Crippen molar-refractivity contribution in [3.8, 4) is 0 Å². The predicted molar refractivity (Wildman–Crippen MR) is 104 cm³/mol. The highest BCUT2D eigenvalue weighted by atomic mass is 35.5. The molecule has 0 spiro atoms. The Hall–Kier alpha value is -1.47. The number of likely N-dealkylation sites (tertiary alicyclic amines) is 1. The molecule has 0 bridgehead atoms. The van der Waals surface area contributed by atoms with Crippen LogP contribution in [-0.4, -0.2) is 37.9 Å². The van der Waals surface area contributed by atoms with Gasteiger partial charge in [-0.1, -0.05) is 23.7 Å². The average molecular weight is 394 g/mol. The van der Waals surface area contributed by atoms with Crippen molar-refractivity contribution >= 4 is 21.6 Å². The maximum absolute atomic E-state index is 12.3. The Kier molecular flexibility index (Phi) is 6.64. The van der Waals surface area contributed by atoms with Gasteiger partial charge in [0.15, 0.2) is 0 Å². The van der Waals surface area contributed by atoms with Crippen molar-refractivity contribution in [1.29, 1.82) is 0 Å². The first-order valence-corrected chi connectivity index (χ1v) is 10.9. The Balaban J connectivity index is 1.42. The van der Waals surface area contributed by atoms with E-state index in [-0.39, 0.29) is 5.75 Å². The van der Waals surface area contributed by atoms with Gasteiger partial charge in [-0.2, -0.15) is 0 Å². The first kappa shape index (κ1) is 19.3. The molecule has 0 unspecified atom stereocenters. The molecule has 1 aliphatic rings. The number of hydrogen-bond donors (Lipinski definition) is 1. The zero-order valence-electron chi connectivity index (χ0n) is 14.6. The summed E-state index contributed by atoms with van der Waals surface area (Å²) in [7, 11) is -3.32. The third kappa shape index (κ3) is 6.06. The van der Waals surface area contributed by atoms with Gasteiger partial charge in [-0.15, -0.1) is 0 Å². The zero-order chi connectivity index (χ0) is 18.4. The van der Waals surface area contributed by atoms with Crippen molar-refractivity contribution in [1.82, 2.24) is 14.6 Å². The number of aromatic nitrogens is 1. The van der Waals surface area contributed by atoms with Gasteiger partial charge in [0, 0.05) is 30.5 Å². The minimum atomic E-state index is -3.32. The number of rotatable bonds is 7. The van der Waals surface area contributed by atoms with E-state index in [9.17, 15) is 8.42 Å². The van der Waals surface area contributed by atoms with Crippen LogP contribution in [0.25, 0.3) is 0 Å². The van der Waals surface area contributed by atoms with Gasteiger partial charge in [-0.05, 0) is 67.2 Å². The van der Waals surface area contributed by atoms with Crippen LogP contribution < -0.4 is 4.72 Å². The third-order valence-electron chi connectivity index (χ3n) is 4.72. The van der Waals surface area contributed by atoms with Crippen LogP contribution in [0, 0.1) is 5.92 Å². The second-order valence-corrected chi connectivity index (χ2v) is 9.05. The second kappa shape index (κ2) is 8.95. The van der Waals surface area contributed by atoms with E-state index in [1.54, 1.807) is 24.3 Å². The maximum atomic E-state index is 12.3. The standard InChI is InChI=1S/C19H24ClN3O2S/c20-19-3-1-18(2-4-19)15-26(24,25)22-13-16-7-11-23(12-8-16)14-17-5-9-21-10-6-17/h1-6,9-10,16,22H,7-8,11-15H2. The van der Waals surface area contributed by atoms with Crippen LogP contribution >= 0.6 is 11.6 Å². The highest BCUT2D eigenvalue weighted by Gasteiger charge is 2.21. The summed E-state index contributed by atoms with van der Waals surface area (Å²) >= 11 is 5.84. The van der Waals surface area contributed by atoms with Gasteiger partial charge in [0.2, 0.25) is 10.0 Å². The molecular weight excluding hydrogens is 370 g/mol. The Morgan fingerprint density at radius 2 is 1.69 bits per heavy atom. The largest absolute Gasteiger partial charge is 0.299 e. The zero-order valence-corrected chi connectivity index (χ0v) is 16.2. The summed E-state index contributed by atoms with van der Waals surface area (Å²) in [6, 6.07) is 11.0. The van der Waals surface area contributed by atoms with Gasteiger partial charge < -0.3 is 0 Å². The van der Waals surface area contributed by atoms with Crippen LogP contribution in [0.4, 0.5) is 0 Å². The van der Waals surface area contributed by atoms with Gasteiger partial charge in [0.05, 0.1) is 5.75 Å². The summed E-state index contributed by atoms with van der Waals surface area (Å²) in [4.78, 5) is 6.45. The van der Waals surface area contributed by atoms with Gasteiger partial charge >= 0.3 is 0 Å². The lowest BCUT2D eigenvalue weighted by atomic mass is 9.97. The van der Waals surface area contributed by atoms with Crippen molar-refractivity contribution < 1.29 is 8.42 Å². The maximum Gasteiger partial charge on any atom is 0.215 e. The molecule has 0 radical (unpaired) electrons. The van der Waals surface area contributed by atoms with Crippen LogP contribution in [0.5, 0.6) is 0 Å². The van der Waals surface area contributed by atoms with Crippen molar-refractivity contribution in [2.75, 3.05) is 19.6 Å². The SMILES string of the molecule is O=S(=O)(Cc1ccc(Cl)cc1)NCC1CCN(Cc2ccncc2)CC1. The van der Waals surface area contributed by atoms with E-state index < -0.39 is 10.0 Å². The van der Waals surface area contributed by atoms with Crippen LogP contribution in [0.1, 0.15) is 24.0 Å². The number of sulfonamides is 1. The molecule has 1 fully saturated rings. The van der Waals surface area contributed by atoms with Crippen molar-refractivity contribution in [2.24, 2.45) is 5.92 Å². The van der Waals surface area contributed by atoms with Crippen LogP contribution in [0.15, 0.2) is 48.8 Å². The van der Waals surface area contributed by atoms with E-state index in [0.717, 1.165) is 38.0 Å². The smallest absolute Gasteiger partial charge is 0.215 e. The monoisotopic (exact) mass is 393 g/mol. The molecule has 2 heterocycles. The number of hydrogen-bond acceptors (Lipinski definition) is 4. The summed E-state index contributed by atoms with van der Waals surface area (Å²) < 4.78 is 27.3. The molecule has 0 atom stereocenters. The van der Waals surface area contributed by atoms with Crippen LogP contribution in [0.3, 0.4) is 0 Å². The van der Waals surface area contributed by atoms with E-state index in [1.807, 2.05) is 24.5 Å². The van der Waals surface area contributed by atoms with E-state index in [0.29, 0.717) is 17.5 Å². The van der Waals surface area contributed by atoms with Gasteiger partial charge in [0.25, 0.3) is 0 Å². The quantitative estimate of drug-likeness (QED) is 0.785. The third-order valence-corrected chi connectivity index (χ3v) is 6.30. The molecule has 0 amide bonds. The van der Waals surface area contributed by atoms with Crippen molar-refractivity contribution in [2.45, 2.75) is 25.1 Å². The first-order chi connectivity index (χ1) is 12.5. The number of nitrogens with one attached hydrogen (secondary N) is 1. The minimum absolute atomic E-state index is 0.00887. The highest BCUT2D eigenvalue weighted by Crippen LogP contribution is 2.19.